The average Bonchev–Trinajstić information content (AvgIpc) is 2.60. The van der Waals surface area contributed by atoms with Gasteiger partial charge in [-0.2, -0.15) is 0 Å². The number of H-pyrrole nitrogens is 1. The Bertz CT molecular complexity index is 435. The number of hydrogen-bond donors (Lipinski definition) is 2. The van der Waals surface area contributed by atoms with E-state index in [1.165, 1.54) is 0 Å². The predicted octanol–water partition coefficient (Wildman–Crippen LogP) is 0.768. The molecule has 0 amide bonds. The van der Waals surface area contributed by atoms with Gasteiger partial charge in [-0.1, -0.05) is 0 Å². The van der Waals surface area contributed by atoms with Gasteiger partial charge < -0.3 is 10.6 Å². The number of aromatic nitrogens is 2. The maximum absolute atomic E-state index is 11.5. The van der Waals surface area contributed by atoms with Crippen LogP contribution in [0.5, 0.6) is 0 Å². The molecule has 0 saturated carbocycles. The molecule has 1 aliphatic heterocycles. The lowest BCUT2D eigenvalue weighted by molar-refractivity contribution is 0.749. The Hall–Kier alpha value is -0.780. The Morgan fingerprint density at radius 1 is 1.41 bits per heavy atom. The van der Waals surface area contributed by atoms with E-state index in [-0.39, 0.29) is 36.4 Å². The van der Waals surface area contributed by atoms with Gasteiger partial charge in [0, 0.05) is 30.4 Å². The largest absolute Gasteiger partial charge is 0.341 e. The van der Waals surface area contributed by atoms with Gasteiger partial charge in [0.05, 0.1) is 0 Å². The van der Waals surface area contributed by atoms with Crippen molar-refractivity contribution in [3.63, 3.8) is 0 Å². The molecule has 1 saturated heterocycles. The van der Waals surface area contributed by atoms with E-state index in [4.69, 9.17) is 5.73 Å². The number of nitrogens with zero attached hydrogens (tertiary/aromatic N) is 2. The molecule has 1 fully saturated rings. The third kappa shape index (κ3) is 3.34. The molecular weight excluding hydrogens is 263 g/mol. The number of rotatable bonds is 1. The van der Waals surface area contributed by atoms with Crippen molar-refractivity contribution in [1.82, 2.24) is 9.97 Å². The van der Waals surface area contributed by atoms with Gasteiger partial charge in [-0.3, -0.25) is 9.78 Å². The molecule has 0 spiro atoms. The van der Waals surface area contributed by atoms with Crippen LogP contribution < -0.4 is 16.2 Å². The monoisotopic (exact) mass is 280 g/mol. The van der Waals surface area contributed by atoms with Gasteiger partial charge in [0.2, 0.25) is 5.95 Å². The van der Waals surface area contributed by atoms with Crippen LogP contribution in [0.25, 0.3) is 0 Å². The first kappa shape index (κ1) is 16.2. The van der Waals surface area contributed by atoms with Crippen LogP contribution in [0.1, 0.15) is 17.7 Å². The van der Waals surface area contributed by atoms with E-state index in [1.54, 1.807) is 6.92 Å². The van der Waals surface area contributed by atoms with Gasteiger partial charge in [-0.15, -0.1) is 24.8 Å². The van der Waals surface area contributed by atoms with Crippen LogP contribution in [-0.4, -0.2) is 29.1 Å². The number of nitrogens with one attached hydrogen (secondary N) is 1. The van der Waals surface area contributed by atoms with Crippen LogP contribution in [0.4, 0.5) is 5.95 Å². The van der Waals surface area contributed by atoms with Crippen LogP contribution in [-0.2, 0) is 0 Å². The van der Waals surface area contributed by atoms with Crippen molar-refractivity contribution >= 4 is 30.8 Å². The lowest BCUT2D eigenvalue weighted by Crippen LogP contribution is -2.29. The van der Waals surface area contributed by atoms with Crippen molar-refractivity contribution in [3.05, 3.63) is 21.6 Å². The van der Waals surface area contributed by atoms with Crippen molar-refractivity contribution < 1.29 is 0 Å². The van der Waals surface area contributed by atoms with Crippen molar-refractivity contribution in [2.75, 3.05) is 18.0 Å². The Morgan fingerprint density at radius 3 is 2.53 bits per heavy atom. The highest BCUT2D eigenvalue weighted by atomic mass is 35.5. The molecule has 2 rings (SSSR count). The van der Waals surface area contributed by atoms with Crippen LogP contribution in [0.15, 0.2) is 4.79 Å². The Labute approximate surface area is 113 Å². The van der Waals surface area contributed by atoms with Crippen molar-refractivity contribution in [3.8, 4) is 0 Å². The van der Waals surface area contributed by atoms with E-state index in [1.807, 2.05) is 11.8 Å². The molecule has 17 heavy (non-hydrogen) atoms. The van der Waals surface area contributed by atoms with E-state index in [2.05, 4.69) is 9.97 Å². The van der Waals surface area contributed by atoms with Crippen LogP contribution in [0, 0.1) is 13.8 Å². The molecule has 7 heteroatoms. The summed E-state index contributed by atoms with van der Waals surface area (Å²) in [6.45, 7) is 5.27. The minimum absolute atomic E-state index is 0. The molecule has 2 heterocycles. The van der Waals surface area contributed by atoms with E-state index >= 15 is 0 Å². The van der Waals surface area contributed by atoms with Crippen molar-refractivity contribution in [2.24, 2.45) is 5.73 Å². The zero-order valence-electron chi connectivity index (χ0n) is 9.90. The molecule has 98 valence electrons. The summed E-state index contributed by atoms with van der Waals surface area (Å²) in [7, 11) is 0. The molecule has 1 atom stereocenters. The molecule has 1 aromatic rings. The SMILES string of the molecule is Cc1nc(N2CCC(N)C2)[nH]c(=O)c1C.Cl.Cl. The molecule has 5 nitrogen and oxygen atoms in total. The molecule has 1 aromatic heterocycles. The van der Waals surface area contributed by atoms with Crippen LogP contribution in [0.2, 0.25) is 0 Å². The normalized spacial score (nSPS) is 18.5. The van der Waals surface area contributed by atoms with E-state index in [0.29, 0.717) is 11.5 Å². The van der Waals surface area contributed by atoms with Crippen LogP contribution >= 0.6 is 24.8 Å². The summed E-state index contributed by atoms with van der Waals surface area (Å²) in [5.74, 6) is 0.649. The topological polar surface area (TPSA) is 75.0 Å². The number of hydrogen-bond acceptors (Lipinski definition) is 4. The zero-order valence-corrected chi connectivity index (χ0v) is 11.5. The fraction of sp³-hybridized carbons (Fsp3) is 0.600. The number of aromatic amines is 1. The smallest absolute Gasteiger partial charge is 0.255 e. The number of aryl methyl sites for hydroxylation is 1. The molecule has 1 aliphatic rings. The Morgan fingerprint density at radius 2 is 2.06 bits per heavy atom. The highest BCUT2D eigenvalue weighted by Crippen LogP contribution is 2.14. The standard InChI is InChI=1S/C10H16N4O.2ClH/c1-6-7(2)12-10(13-9(6)15)14-4-3-8(11)5-14;;/h8H,3-5,11H2,1-2H3,(H,12,13,15);2*1H. The summed E-state index contributed by atoms with van der Waals surface area (Å²) < 4.78 is 0. The van der Waals surface area contributed by atoms with Gasteiger partial charge in [-0.05, 0) is 20.3 Å². The van der Waals surface area contributed by atoms with Gasteiger partial charge in [0.1, 0.15) is 0 Å². The summed E-state index contributed by atoms with van der Waals surface area (Å²) in [5.41, 5.74) is 7.22. The summed E-state index contributed by atoms with van der Waals surface area (Å²) in [5, 5.41) is 0. The second-order valence-electron chi connectivity index (χ2n) is 4.09. The number of anilines is 1. The maximum atomic E-state index is 11.5. The molecule has 0 aromatic carbocycles. The third-order valence-electron chi connectivity index (χ3n) is 2.91. The van der Waals surface area contributed by atoms with E-state index < -0.39 is 0 Å². The summed E-state index contributed by atoms with van der Waals surface area (Å²) in [4.78, 5) is 20.7. The molecule has 3 N–H and O–H groups in total. The maximum Gasteiger partial charge on any atom is 0.255 e. The van der Waals surface area contributed by atoms with E-state index in [9.17, 15) is 4.79 Å². The second kappa shape index (κ2) is 6.23. The second-order valence-corrected chi connectivity index (χ2v) is 4.09. The first-order valence-electron chi connectivity index (χ1n) is 5.16. The predicted molar refractivity (Wildman–Crippen MR) is 73.6 cm³/mol. The minimum atomic E-state index is -0.0574. The van der Waals surface area contributed by atoms with Crippen LogP contribution in [0.3, 0.4) is 0 Å². The first-order valence-corrected chi connectivity index (χ1v) is 5.16. The fourth-order valence-electron chi connectivity index (χ4n) is 1.76. The third-order valence-corrected chi connectivity index (χ3v) is 2.91. The fourth-order valence-corrected chi connectivity index (χ4v) is 1.76. The van der Waals surface area contributed by atoms with Gasteiger partial charge >= 0.3 is 0 Å². The first-order chi connectivity index (χ1) is 7.08. The summed E-state index contributed by atoms with van der Waals surface area (Å²) in [6, 6.07) is 0.192. The quantitative estimate of drug-likeness (QED) is 0.797. The molecule has 0 radical (unpaired) electrons. The highest BCUT2D eigenvalue weighted by molar-refractivity contribution is 5.85. The lowest BCUT2D eigenvalue weighted by atomic mass is 10.3. The van der Waals surface area contributed by atoms with E-state index in [0.717, 1.165) is 25.2 Å². The van der Waals surface area contributed by atoms with Crippen molar-refractivity contribution in [1.29, 1.82) is 0 Å². The molecule has 0 bridgehead atoms. The van der Waals surface area contributed by atoms with Crippen molar-refractivity contribution in [2.45, 2.75) is 26.3 Å². The van der Waals surface area contributed by atoms with Gasteiger partial charge in [-0.25, -0.2) is 4.98 Å². The van der Waals surface area contributed by atoms with Gasteiger partial charge in [0.15, 0.2) is 0 Å². The molecule has 1 unspecified atom stereocenters. The number of nitrogens with two attached hydrogens (primary N) is 1. The minimum Gasteiger partial charge on any atom is -0.341 e. The lowest BCUT2D eigenvalue weighted by Gasteiger charge is -2.16. The van der Waals surface area contributed by atoms with Gasteiger partial charge in [0.25, 0.3) is 5.56 Å². The summed E-state index contributed by atoms with van der Waals surface area (Å²) in [6.07, 6.45) is 0.955. The molecular formula is C10H18Cl2N4O. The summed E-state index contributed by atoms with van der Waals surface area (Å²) >= 11 is 0. The zero-order chi connectivity index (χ0) is 11.0. The highest BCUT2D eigenvalue weighted by Gasteiger charge is 2.21. The average molecular weight is 281 g/mol. The Kier molecular flexibility index (Phi) is 5.95. The molecule has 0 aliphatic carbocycles. The number of halogens is 2. The Balaban J connectivity index is 0.00000128.